The maximum absolute atomic E-state index is 13.7. The van der Waals surface area contributed by atoms with Gasteiger partial charge in [0, 0.05) is 26.1 Å². The van der Waals surface area contributed by atoms with Crippen molar-refractivity contribution in [2.24, 2.45) is 0 Å². The molecule has 2 aromatic carbocycles. The van der Waals surface area contributed by atoms with Gasteiger partial charge in [0.1, 0.15) is 11.4 Å². The molecule has 0 bridgehead atoms. The van der Waals surface area contributed by atoms with Crippen molar-refractivity contribution in [3.8, 4) is 11.1 Å². The first kappa shape index (κ1) is 27.2. The number of rotatable bonds is 5. The van der Waals surface area contributed by atoms with Crippen LogP contribution in [0.25, 0.3) is 11.1 Å². The molecule has 202 valence electrons. The fraction of sp³-hybridized carbons (Fsp3) is 0.433. The lowest BCUT2D eigenvalue weighted by Gasteiger charge is -2.50. The molecular formula is C30H36N2O6. The van der Waals surface area contributed by atoms with Crippen molar-refractivity contribution in [1.29, 1.82) is 0 Å². The molecule has 8 nitrogen and oxygen atoms in total. The second kappa shape index (κ2) is 10.9. The Morgan fingerprint density at radius 1 is 0.974 bits per heavy atom. The molecular weight excluding hydrogens is 484 g/mol. The lowest BCUT2D eigenvalue weighted by molar-refractivity contribution is -0.148. The van der Waals surface area contributed by atoms with Gasteiger partial charge in [0.25, 0.3) is 5.91 Å². The third-order valence-electron chi connectivity index (χ3n) is 7.04. The summed E-state index contributed by atoms with van der Waals surface area (Å²) in [6.07, 6.45) is 0.613. The van der Waals surface area contributed by atoms with E-state index in [1.54, 1.807) is 16.7 Å². The molecule has 38 heavy (non-hydrogen) atoms. The second-order valence-electron chi connectivity index (χ2n) is 10.9. The molecule has 0 unspecified atom stereocenters. The molecule has 1 saturated heterocycles. The SMILES string of the molecule is CCOC(=O)C1=C(O)CC2(CCN(C(=O)OC(C)(C)C)CC2)N(Cc2ccc(-c3ccccc3)cc2)C1=O. The molecule has 2 aliphatic heterocycles. The van der Waals surface area contributed by atoms with Gasteiger partial charge in [-0.25, -0.2) is 9.59 Å². The van der Waals surface area contributed by atoms with Crippen LogP contribution in [-0.2, 0) is 25.6 Å². The number of benzene rings is 2. The van der Waals surface area contributed by atoms with E-state index in [2.05, 4.69) is 0 Å². The van der Waals surface area contributed by atoms with Crippen LogP contribution in [0.4, 0.5) is 4.79 Å². The van der Waals surface area contributed by atoms with E-state index in [4.69, 9.17) is 9.47 Å². The number of hydrogen-bond donors (Lipinski definition) is 1. The van der Waals surface area contributed by atoms with E-state index in [-0.39, 0.29) is 30.9 Å². The Kier molecular flexibility index (Phi) is 7.81. The highest BCUT2D eigenvalue weighted by molar-refractivity contribution is 6.17. The average Bonchev–Trinajstić information content (AvgIpc) is 2.87. The molecule has 2 amide bonds. The van der Waals surface area contributed by atoms with Crippen molar-refractivity contribution in [1.82, 2.24) is 9.80 Å². The van der Waals surface area contributed by atoms with Crippen LogP contribution >= 0.6 is 0 Å². The topological polar surface area (TPSA) is 96.4 Å². The molecule has 2 aliphatic rings. The number of piperidine rings is 1. The van der Waals surface area contributed by atoms with Crippen LogP contribution < -0.4 is 0 Å². The van der Waals surface area contributed by atoms with Crippen LogP contribution in [-0.4, -0.2) is 63.7 Å². The number of aliphatic hydroxyl groups is 1. The van der Waals surface area contributed by atoms with E-state index < -0.39 is 29.1 Å². The van der Waals surface area contributed by atoms with Gasteiger partial charge in [0.2, 0.25) is 0 Å². The zero-order valence-corrected chi connectivity index (χ0v) is 22.5. The molecule has 0 aliphatic carbocycles. The summed E-state index contributed by atoms with van der Waals surface area (Å²) in [7, 11) is 0. The molecule has 2 aromatic rings. The highest BCUT2D eigenvalue weighted by Crippen LogP contribution is 2.41. The van der Waals surface area contributed by atoms with Crippen molar-refractivity contribution < 1.29 is 29.0 Å². The van der Waals surface area contributed by atoms with E-state index in [9.17, 15) is 19.5 Å². The Balaban J connectivity index is 1.60. The third-order valence-corrected chi connectivity index (χ3v) is 7.04. The van der Waals surface area contributed by atoms with Crippen molar-refractivity contribution in [3.63, 3.8) is 0 Å². The van der Waals surface area contributed by atoms with Crippen LogP contribution in [0.1, 0.15) is 52.5 Å². The predicted molar refractivity (Wildman–Crippen MR) is 143 cm³/mol. The summed E-state index contributed by atoms with van der Waals surface area (Å²) in [5.41, 5.74) is 1.39. The first-order chi connectivity index (χ1) is 18.0. The van der Waals surface area contributed by atoms with Gasteiger partial charge < -0.3 is 24.4 Å². The smallest absolute Gasteiger partial charge is 0.410 e. The highest BCUT2D eigenvalue weighted by atomic mass is 16.6. The summed E-state index contributed by atoms with van der Waals surface area (Å²) >= 11 is 0. The molecule has 0 radical (unpaired) electrons. The third kappa shape index (κ3) is 5.85. The normalized spacial score (nSPS) is 17.5. The first-order valence-corrected chi connectivity index (χ1v) is 13.1. The number of esters is 1. The minimum absolute atomic E-state index is 0.0971. The number of amides is 2. The molecule has 0 aromatic heterocycles. The fourth-order valence-corrected chi connectivity index (χ4v) is 5.11. The van der Waals surface area contributed by atoms with Gasteiger partial charge in [-0.15, -0.1) is 0 Å². The summed E-state index contributed by atoms with van der Waals surface area (Å²) in [6.45, 7) is 8.21. The first-order valence-electron chi connectivity index (χ1n) is 13.1. The Labute approximate surface area is 223 Å². The van der Waals surface area contributed by atoms with Crippen LogP contribution in [0.3, 0.4) is 0 Å². The Bertz CT molecular complexity index is 1210. The Hall–Kier alpha value is -3.81. The largest absolute Gasteiger partial charge is 0.511 e. The van der Waals surface area contributed by atoms with Crippen molar-refractivity contribution >= 4 is 18.0 Å². The molecule has 0 atom stereocenters. The van der Waals surface area contributed by atoms with Crippen LogP contribution in [0.5, 0.6) is 0 Å². The fourth-order valence-electron chi connectivity index (χ4n) is 5.11. The minimum Gasteiger partial charge on any atom is -0.511 e. The van der Waals surface area contributed by atoms with Gasteiger partial charge in [0.15, 0.2) is 5.57 Å². The molecule has 1 N–H and O–H groups in total. The highest BCUT2D eigenvalue weighted by Gasteiger charge is 2.50. The number of nitrogens with zero attached hydrogens (tertiary/aromatic N) is 2. The summed E-state index contributed by atoms with van der Waals surface area (Å²) in [5, 5.41) is 10.9. The number of carbonyl (C=O) groups excluding carboxylic acids is 3. The van der Waals surface area contributed by atoms with E-state index >= 15 is 0 Å². The Morgan fingerprint density at radius 2 is 1.58 bits per heavy atom. The number of ether oxygens (including phenoxy) is 2. The summed E-state index contributed by atoms with van der Waals surface area (Å²) < 4.78 is 10.6. The summed E-state index contributed by atoms with van der Waals surface area (Å²) in [4.78, 5) is 42.3. The standard InChI is InChI=1S/C30H36N2O6/c1-5-37-27(35)25-24(33)19-30(15-17-31(18-16-30)28(36)38-29(2,3)4)32(26(25)34)20-21-11-13-23(14-12-21)22-9-7-6-8-10-22/h6-14,33H,5,15-20H2,1-4H3. The summed E-state index contributed by atoms with van der Waals surface area (Å²) in [5.74, 6) is -1.62. The van der Waals surface area contributed by atoms with E-state index in [1.807, 2.05) is 75.4 Å². The van der Waals surface area contributed by atoms with Gasteiger partial charge in [-0.2, -0.15) is 0 Å². The van der Waals surface area contributed by atoms with Crippen molar-refractivity contribution in [2.45, 2.75) is 64.6 Å². The molecule has 1 spiro atoms. The predicted octanol–water partition coefficient (Wildman–Crippen LogP) is 5.23. The molecule has 2 heterocycles. The quantitative estimate of drug-likeness (QED) is 0.428. The van der Waals surface area contributed by atoms with Crippen molar-refractivity contribution in [3.05, 3.63) is 71.5 Å². The zero-order chi connectivity index (χ0) is 27.5. The van der Waals surface area contributed by atoms with Crippen LogP contribution in [0, 0.1) is 0 Å². The van der Waals surface area contributed by atoms with Crippen LogP contribution in [0.15, 0.2) is 65.9 Å². The summed E-state index contributed by atoms with van der Waals surface area (Å²) in [6, 6.07) is 18.0. The molecule has 1 fully saturated rings. The van der Waals surface area contributed by atoms with Crippen molar-refractivity contribution in [2.75, 3.05) is 19.7 Å². The van der Waals surface area contributed by atoms with Gasteiger partial charge >= 0.3 is 12.1 Å². The van der Waals surface area contributed by atoms with Gasteiger partial charge in [-0.05, 0) is 57.2 Å². The van der Waals surface area contributed by atoms with E-state index in [0.717, 1.165) is 16.7 Å². The Morgan fingerprint density at radius 3 is 2.16 bits per heavy atom. The second-order valence-corrected chi connectivity index (χ2v) is 10.9. The monoisotopic (exact) mass is 520 g/mol. The van der Waals surface area contributed by atoms with Crippen LogP contribution in [0.2, 0.25) is 0 Å². The maximum atomic E-state index is 13.7. The molecule has 0 saturated carbocycles. The van der Waals surface area contributed by atoms with Gasteiger partial charge in [-0.1, -0.05) is 54.6 Å². The van der Waals surface area contributed by atoms with Gasteiger partial charge in [0.05, 0.1) is 12.1 Å². The lowest BCUT2D eigenvalue weighted by atomic mass is 9.78. The number of hydrogen-bond acceptors (Lipinski definition) is 6. The minimum atomic E-state index is -0.819. The number of carbonyl (C=O) groups is 3. The number of aliphatic hydroxyl groups excluding tert-OH is 1. The molecule has 8 heteroatoms. The average molecular weight is 521 g/mol. The van der Waals surface area contributed by atoms with E-state index in [0.29, 0.717) is 25.9 Å². The van der Waals surface area contributed by atoms with Gasteiger partial charge in [-0.3, -0.25) is 4.79 Å². The molecule has 4 rings (SSSR count). The van der Waals surface area contributed by atoms with E-state index in [1.165, 1.54) is 0 Å². The zero-order valence-electron chi connectivity index (χ0n) is 22.5. The maximum Gasteiger partial charge on any atom is 0.410 e. The lowest BCUT2D eigenvalue weighted by Crippen LogP contribution is -2.61. The number of likely N-dealkylation sites (tertiary alicyclic amines) is 1.